The number of amides is 1. The first-order valence-corrected chi connectivity index (χ1v) is 20.4. The van der Waals surface area contributed by atoms with Gasteiger partial charge in [0.1, 0.15) is 11.6 Å². The van der Waals surface area contributed by atoms with E-state index in [0.29, 0.717) is 61.0 Å². The van der Waals surface area contributed by atoms with Crippen molar-refractivity contribution in [3.05, 3.63) is 65.5 Å². The highest BCUT2D eigenvalue weighted by Crippen LogP contribution is 2.39. The normalized spacial score (nSPS) is 15.8. The predicted molar refractivity (Wildman–Crippen MR) is 200 cm³/mol. The Morgan fingerprint density at radius 1 is 1.12 bits per heavy atom. The van der Waals surface area contributed by atoms with Gasteiger partial charge in [0.15, 0.2) is 23.2 Å². The molecule has 0 saturated carbocycles. The number of anilines is 1. The van der Waals surface area contributed by atoms with Crippen molar-refractivity contribution in [3.8, 4) is 5.75 Å². The number of benzene rings is 1. The number of carbonyl (C=O) groups is 3. The Hall–Kier alpha value is -4.07. The number of rotatable bonds is 14. The molecule has 0 radical (unpaired) electrons. The third-order valence-corrected chi connectivity index (χ3v) is 14.0. The lowest BCUT2D eigenvalue weighted by Crippen LogP contribution is -2.45. The number of fused-ring (bicyclic) bond motifs is 1. The van der Waals surface area contributed by atoms with Gasteiger partial charge in [-0.15, -0.1) is 6.58 Å². The van der Waals surface area contributed by atoms with Crippen LogP contribution in [0, 0.1) is 6.92 Å². The third kappa shape index (κ3) is 9.63. The van der Waals surface area contributed by atoms with Gasteiger partial charge in [0.05, 0.1) is 29.9 Å². The largest absolute Gasteiger partial charge is 0.543 e. The molecule has 1 atom stereocenters. The maximum Gasteiger partial charge on any atom is 0.337 e. The number of aromatic nitrogens is 3. The van der Waals surface area contributed by atoms with Crippen LogP contribution in [-0.4, -0.2) is 83.1 Å². The van der Waals surface area contributed by atoms with E-state index in [2.05, 4.69) is 67.7 Å². The first-order valence-electron chi connectivity index (χ1n) is 17.5. The van der Waals surface area contributed by atoms with Crippen LogP contribution in [0.3, 0.4) is 0 Å². The molecule has 13 heteroatoms. The van der Waals surface area contributed by atoms with E-state index in [1.165, 1.54) is 4.52 Å². The van der Waals surface area contributed by atoms with Gasteiger partial charge >= 0.3 is 5.97 Å². The van der Waals surface area contributed by atoms with E-state index in [1.807, 2.05) is 24.3 Å². The van der Waals surface area contributed by atoms with Crippen molar-refractivity contribution in [3.63, 3.8) is 0 Å². The molecule has 3 aromatic rings. The zero-order valence-electron chi connectivity index (χ0n) is 31.9. The maximum absolute atomic E-state index is 13.5. The standard InChI is InChI=1S/C38H55N5O7Si/c1-12-21-48-38(9)17-19-42(20-18-38)34-31(32(35(46)47)49-36(3,4)5)25(2)40-30-23-28(41-43(30)34)33(45)39-24-27(44)22-26-15-13-14-16-29(26)50-51(10,11)37(6,7)8/h12-16,23,32H,1,17-22,24H2,2-11H3,(H,39,45)(H,46,47). The van der Waals surface area contributed by atoms with Crippen molar-refractivity contribution in [2.75, 3.05) is 31.1 Å². The molecule has 12 nitrogen and oxygen atoms in total. The van der Waals surface area contributed by atoms with E-state index >= 15 is 0 Å². The molecule has 2 N–H and O–H groups in total. The number of nitrogens with zero attached hydrogens (tertiary/aromatic N) is 4. The number of carboxylic acids is 1. The van der Waals surface area contributed by atoms with Crippen molar-refractivity contribution in [1.82, 2.24) is 19.9 Å². The summed E-state index contributed by atoms with van der Waals surface area (Å²) in [5, 5.41) is 17.7. The van der Waals surface area contributed by atoms with Crippen LogP contribution in [0.15, 0.2) is 43.0 Å². The molecule has 1 amide bonds. The fraction of sp³-hybridized carbons (Fsp3) is 0.553. The lowest BCUT2D eigenvalue weighted by Gasteiger charge is -2.41. The van der Waals surface area contributed by atoms with Crippen molar-refractivity contribution < 1.29 is 33.4 Å². The summed E-state index contributed by atoms with van der Waals surface area (Å²) in [7, 11) is -2.14. The zero-order chi connectivity index (χ0) is 37.9. The SMILES string of the molecule is C=CCOC1(C)CCN(c2c(C(OC(C)(C)C)C(=O)O)c(C)nc3cc(C(=O)NCC(=O)Cc4ccccc4O[Si](C)(C)C(C)(C)C)nn23)CC1. The molecule has 51 heavy (non-hydrogen) atoms. The lowest BCUT2D eigenvalue weighted by molar-refractivity contribution is -0.160. The molecule has 1 aromatic carbocycles. The van der Waals surface area contributed by atoms with Crippen LogP contribution in [0.4, 0.5) is 5.82 Å². The van der Waals surface area contributed by atoms with Gasteiger partial charge in [0.2, 0.25) is 8.32 Å². The van der Waals surface area contributed by atoms with Gasteiger partial charge in [0.25, 0.3) is 5.91 Å². The molecule has 1 aliphatic heterocycles. The second-order valence-corrected chi connectivity index (χ2v) is 20.8. The number of aliphatic carboxylic acids is 1. The number of hydrogen-bond acceptors (Lipinski definition) is 9. The summed E-state index contributed by atoms with van der Waals surface area (Å²) in [6.45, 7) is 25.0. The average molecular weight is 722 g/mol. The zero-order valence-corrected chi connectivity index (χ0v) is 32.9. The van der Waals surface area contributed by atoms with Gasteiger partial charge in [-0.2, -0.15) is 9.61 Å². The Labute approximate surface area is 302 Å². The van der Waals surface area contributed by atoms with Gasteiger partial charge in [-0.1, -0.05) is 45.0 Å². The molecule has 1 aliphatic rings. The lowest BCUT2D eigenvalue weighted by atomic mass is 9.92. The molecule has 0 spiro atoms. The molecular formula is C38H55N5O7Si. The van der Waals surface area contributed by atoms with Crippen molar-refractivity contribution in [1.29, 1.82) is 0 Å². The molecule has 3 heterocycles. The molecule has 0 aliphatic carbocycles. The van der Waals surface area contributed by atoms with Crippen LogP contribution < -0.4 is 14.6 Å². The minimum absolute atomic E-state index is 0.0111. The molecule has 1 saturated heterocycles. The number of hydrogen-bond donors (Lipinski definition) is 2. The van der Waals surface area contributed by atoms with Gasteiger partial charge in [-0.3, -0.25) is 9.59 Å². The topological polar surface area (TPSA) is 145 Å². The summed E-state index contributed by atoms with van der Waals surface area (Å²) in [5.74, 6) is -0.710. The second kappa shape index (κ2) is 15.3. The van der Waals surface area contributed by atoms with E-state index in [-0.39, 0.29) is 35.1 Å². The monoisotopic (exact) mass is 721 g/mol. The molecule has 2 aromatic heterocycles. The van der Waals surface area contributed by atoms with E-state index in [0.717, 1.165) is 5.56 Å². The molecule has 0 bridgehead atoms. The van der Waals surface area contributed by atoms with Crippen LogP contribution in [0.2, 0.25) is 18.1 Å². The number of ketones is 1. The molecule has 1 fully saturated rings. The Morgan fingerprint density at radius 3 is 2.35 bits per heavy atom. The molecule has 1 unspecified atom stereocenters. The van der Waals surface area contributed by atoms with Crippen LogP contribution in [0.5, 0.6) is 5.75 Å². The first kappa shape index (κ1) is 39.7. The summed E-state index contributed by atoms with van der Waals surface area (Å²) in [6, 6.07) is 9.07. The highest BCUT2D eigenvalue weighted by atomic mass is 28.4. The van der Waals surface area contributed by atoms with E-state index in [9.17, 15) is 19.5 Å². The van der Waals surface area contributed by atoms with E-state index in [1.54, 1.807) is 39.8 Å². The smallest absolute Gasteiger partial charge is 0.337 e. The van der Waals surface area contributed by atoms with Gasteiger partial charge < -0.3 is 29.2 Å². The first-order chi connectivity index (χ1) is 23.6. The second-order valence-electron chi connectivity index (χ2n) is 16.1. The fourth-order valence-corrected chi connectivity index (χ4v) is 6.80. The summed E-state index contributed by atoms with van der Waals surface area (Å²) < 4.78 is 20.2. The van der Waals surface area contributed by atoms with E-state index in [4.69, 9.17) is 13.9 Å². The predicted octanol–water partition coefficient (Wildman–Crippen LogP) is 6.47. The molecule has 278 valence electrons. The van der Waals surface area contributed by atoms with Crippen LogP contribution in [-0.2, 0) is 25.5 Å². The minimum Gasteiger partial charge on any atom is -0.543 e. The van der Waals surface area contributed by atoms with Crippen molar-refractivity contribution >= 4 is 37.4 Å². The molecular weight excluding hydrogens is 667 g/mol. The summed E-state index contributed by atoms with van der Waals surface area (Å²) in [6.07, 6.45) is 1.81. The van der Waals surface area contributed by atoms with Crippen LogP contribution in [0.25, 0.3) is 5.65 Å². The Bertz CT molecular complexity index is 1760. The number of ether oxygens (including phenoxy) is 2. The third-order valence-electron chi connectivity index (χ3n) is 9.64. The average Bonchev–Trinajstić information content (AvgIpc) is 3.45. The highest BCUT2D eigenvalue weighted by molar-refractivity contribution is 6.74. The molecule has 4 rings (SSSR count). The number of Topliss-reactive ketones (excluding diaryl/α,β-unsaturated/α-hetero) is 1. The summed E-state index contributed by atoms with van der Waals surface area (Å²) >= 11 is 0. The Kier molecular flexibility index (Phi) is 11.9. The maximum atomic E-state index is 13.5. The summed E-state index contributed by atoms with van der Waals surface area (Å²) in [5.41, 5.74) is 0.851. The van der Waals surface area contributed by atoms with E-state index < -0.39 is 31.9 Å². The summed E-state index contributed by atoms with van der Waals surface area (Å²) in [4.78, 5) is 46.1. The number of nitrogens with one attached hydrogen (secondary N) is 1. The number of para-hydroxylation sites is 1. The van der Waals surface area contributed by atoms with Gasteiger partial charge in [0, 0.05) is 36.8 Å². The van der Waals surface area contributed by atoms with Crippen LogP contribution >= 0.6 is 0 Å². The number of carbonyl (C=O) groups excluding carboxylic acids is 2. The number of piperidine rings is 1. The van der Waals surface area contributed by atoms with Crippen molar-refractivity contribution in [2.45, 2.75) is 110 Å². The highest BCUT2D eigenvalue weighted by Gasteiger charge is 2.40. The van der Waals surface area contributed by atoms with Crippen LogP contribution in [0.1, 0.15) is 94.7 Å². The van der Waals surface area contributed by atoms with Gasteiger partial charge in [-0.05, 0) is 71.7 Å². The van der Waals surface area contributed by atoms with Gasteiger partial charge in [-0.25, -0.2) is 9.78 Å². The quantitative estimate of drug-likeness (QED) is 0.141. The Morgan fingerprint density at radius 2 is 1.76 bits per heavy atom. The number of aryl methyl sites for hydroxylation is 1. The minimum atomic E-state index is -2.14. The number of carboxylic acid groups (broad SMARTS) is 1. The fourth-order valence-electron chi connectivity index (χ4n) is 5.74. The van der Waals surface area contributed by atoms with Crippen molar-refractivity contribution in [2.24, 2.45) is 0 Å². The Balaban J connectivity index is 1.62.